The van der Waals surface area contributed by atoms with Crippen LogP contribution in [0.25, 0.3) is 0 Å². The molecule has 89 valence electrons. The van der Waals surface area contributed by atoms with Crippen LogP contribution >= 0.6 is 0 Å². The van der Waals surface area contributed by atoms with E-state index in [1.54, 1.807) is 17.2 Å². The van der Waals surface area contributed by atoms with E-state index in [1.165, 1.54) is 0 Å². The van der Waals surface area contributed by atoms with Crippen LogP contribution in [0.2, 0.25) is 0 Å². The van der Waals surface area contributed by atoms with Crippen LogP contribution in [-0.4, -0.2) is 26.7 Å². The Bertz CT molecular complexity index is 585. The van der Waals surface area contributed by atoms with Gasteiger partial charge in [0.1, 0.15) is 0 Å². The summed E-state index contributed by atoms with van der Waals surface area (Å²) in [6.07, 6.45) is 0. The quantitative estimate of drug-likeness (QED) is 0.756. The molecular weight excluding hydrogens is 293 g/mol. The molecule has 1 atom stereocenters. The Morgan fingerprint density at radius 3 is 2.44 bits per heavy atom. The molecule has 0 bridgehead atoms. The molecule has 0 N–H and O–H groups in total. The monoisotopic (exact) mass is 304 g/mol. The minimum absolute atomic E-state index is 0.0284. The van der Waals surface area contributed by atoms with E-state index in [2.05, 4.69) is 16.0 Å². The SMILES string of the molecule is O=C1c2ccccc2ON(c2ccccc2)C1[Se]. The summed E-state index contributed by atoms with van der Waals surface area (Å²) in [6.45, 7) is 0. The maximum atomic E-state index is 12.2. The van der Waals surface area contributed by atoms with E-state index in [1.807, 2.05) is 42.5 Å². The van der Waals surface area contributed by atoms with Crippen molar-refractivity contribution in [3.63, 3.8) is 0 Å². The van der Waals surface area contributed by atoms with Crippen molar-refractivity contribution in [3.8, 4) is 5.75 Å². The summed E-state index contributed by atoms with van der Waals surface area (Å²) in [5, 5.41) is 1.60. The van der Waals surface area contributed by atoms with Gasteiger partial charge in [0, 0.05) is 0 Å². The number of fused-ring (bicyclic) bond motifs is 1. The number of Topliss-reactive ketones (excluding diaryl/α,β-unsaturated/α-hetero) is 1. The van der Waals surface area contributed by atoms with Gasteiger partial charge in [-0.05, 0) is 0 Å². The predicted molar refractivity (Wildman–Crippen MR) is 69.9 cm³/mol. The van der Waals surface area contributed by atoms with E-state index in [0.29, 0.717) is 11.3 Å². The first-order chi connectivity index (χ1) is 8.77. The number of hydrogen-bond donors (Lipinski definition) is 0. The van der Waals surface area contributed by atoms with Gasteiger partial charge in [-0.3, -0.25) is 0 Å². The average Bonchev–Trinajstić information content (AvgIpc) is 2.44. The third-order valence-corrected chi connectivity index (χ3v) is 3.65. The molecule has 1 radical (unpaired) electrons. The number of nitrogens with zero attached hydrogens (tertiary/aromatic N) is 1. The van der Waals surface area contributed by atoms with Crippen molar-refractivity contribution in [1.29, 1.82) is 0 Å². The number of benzene rings is 2. The average molecular weight is 303 g/mol. The zero-order valence-corrected chi connectivity index (χ0v) is 11.2. The van der Waals surface area contributed by atoms with Gasteiger partial charge in [0.2, 0.25) is 0 Å². The third kappa shape index (κ3) is 1.80. The van der Waals surface area contributed by atoms with Gasteiger partial charge >= 0.3 is 113 Å². The number of anilines is 1. The summed E-state index contributed by atoms with van der Waals surface area (Å²) >= 11 is 2.87. The van der Waals surface area contributed by atoms with Crippen molar-refractivity contribution in [3.05, 3.63) is 60.2 Å². The summed E-state index contributed by atoms with van der Waals surface area (Å²) in [4.78, 5) is 17.6. The second kappa shape index (κ2) is 4.48. The Morgan fingerprint density at radius 2 is 1.67 bits per heavy atom. The van der Waals surface area contributed by atoms with E-state index in [0.717, 1.165) is 5.69 Å². The first-order valence-corrected chi connectivity index (χ1v) is 6.57. The molecule has 0 aromatic heterocycles. The van der Waals surface area contributed by atoms with Gasteiger partial charge in [-0.1, -0.05) is 0 Å². The molecule has 18 heavy (non-hydrogen) atoms. The number of rotatable bonds is 1. The summed E-state index contributed by atoms with van der Waals surface area (Å²) in [5.74, 6) is 0.624. The van der Waals surface area contributed by atoms with Gasteiger partial charge in [-0.2, -0.15) is 0 Å². The Morgan fingerprint density at radius 1 is 1.00 bits per heavy atom. The number of carbonyl (C=O) groups excluding carboxylic acids is 1. The van der Waals surface area contributed by atoms with Crippen LogP contribution in [0.5, 0.6) is 5.75 Å². The standard InChI is InChI=1S/C14H10NO2Se/c16-13-11-8-4-5-9-12(11)17-15(14(13)18)10-6-2-1-3-7-10/h1-9,14H. The first kappa shape index (κ1) is 11.3. The molecule has 4 heteroatoms. The first-order valence-electron chi connectivity index (χ1n) is 5.59. The van der Waals surface area contributed by atoms with E-state index < -0.39 is 4.94 Å². The van der Waals surface area contributed by atoms with Crippen molar-refractivity contribution < 1.29 is 9.63 Å². The fraction of sp³-hybridized carbons (Fsp3) is 0.0714. The van der Waals surface area contributed by atoms with Crippen LogP contribution in [0.15, 0.2) is 54.6 Å². The van der Waals surface area contributed by atoms with Gasteiger partial charge in [0.05, 0.1) is 0 Å². The molecule has 3 rings (SSSR count). The van der Waals surface area contributed by atoms with Crippen LogP contribution in [0, 0.1) is 0 Å². The van der Waals surface area contributed by atoms with Crippen molar-refractivity contribution in [2.45, 2.75) is 4.94 Å². The van der Waals surface area contributed by atoms with E-state index >= 15 is 0 Å². The molecule has 3 nitrogen and oxygen atoms in total. The van der Waals surface area contributed by atoms with Crippen molar-refractivity contribution in [2.75, 3.05) is 5.06 Å². The third-order valence-electron chi connectivity index (χ3n) is 2.80. The number of para-hydroxylation sites is 2. The van der Waals surface area contributed by atoms with Crippen LogP contribution < -0.4 is 9.90 Å². The molecular formula is C14H10NO2Se. The minimum atomic E-state index is -0.442. The zero-order chi connectivity index (χ0) is 12.5. The second-order valence-corrected chi connectivity index (χ2v) is 4.90. The summed E-state index contributed by atoms with van der Waals surface area (Å²) in [6, 6.07) is 16.8. The Hall–Kier alpha value is -1.77. The normalized spacial score (nSPS) is 18.2. The summed E-state index contributed by atoms with van der Waals surface area (Å²) in [5.41, 5.74) is 1.47. The van der Waals surface area contributed by atoms with Gasteiger partial charge in [0.25, 0.3) is 0 Å². The van der Waals surface area contributed by atoms with Crippen LogP contribution in [0.1, 0.15) is 10.4 Å². The molecule has 2 aromatic rings. The molecule has 1 heterocycles. The van der Waals surface area contributed by atoms with Gasteiger partial charge < -0.3 is 0 Å². The molecule has 0 fully saturated rings. The molecule has 1 unspecified atom stereocenters. The van der Waals surface area contributed by atoms with Gasteiger partial charge in [-0.25, -0.2) is 0 Å². The van der Waals surface area contributed by atoms with Crippen LogP contribution in [-0.2, 0) is 0 Å². The second-order valence-electron chi connectivity index (χ2n) is 3.97. The fourth-order valence-electron chi connectivity index (χ4n) is 1.91. The summed E-state index contributed by atoms with van der Waals surface area (Å²) in [7, 11) is 0. The molecule has 1 aliphatic heterocycles. The van der Waals surface area contributed by atoms with Crippen LogP contribution in [0.3, 0.4) is 0 Å². The van der Waals surface area contributed by atoms with E-state index in [9.17, 15) is 4.79 Å². The van der Waals surface area contributed by atoms with Crippen LogP contribution in [0.4, 0.5) is 5.69 Å². The van der Waals surface area contributed by atoms with Crippen molar-refractivity contribution in [2.24, 2.45) is 0 Å². The fourth-order valence-corrected chi connectivity index (χ4v) is 2.52. The van der Waals surface area contributed by atoms with E-state index in [4.69, 9.17) is 4.84 Å². The molecule has 2 aromatic carbocycles. The molecule has 0 aliphatic carbocycles. The number of hydroxylamine groups is 1. The molecule has 1 aliphatic rings. The predicted octanol–water partition coefficient (Wildman–Crippen LogP) is 2.18. The Kier molecular flexibility index (Phi) is 2.82. The number of hydrogen-bond acceptors (Lipinski definition) is 3. The topological polar surface area (TPSA) is 29.5 Å². The van der Waals surface area contributed by atoms with Gasteiger partial charge in [-0.15, -0.1) is 0 Å². The number of carbonyl (C=O) groups is 1. The number of ketones is 1. The van der Waals surface area contributed by atoms with E-state index in [-0.39, 0.29) is 5.78 Å². The maximum absolute atomic E-state index is 12.2. The molecule has 0 saturated carbocycles. The van der Waals surface area contributed by atoms with Gasteiger partial charge in [0.15, 0.2) is 0 Å². The zero-order valence-electron chi connectivity index (χ0n) is 9.45. The molecule has 0 amide bonds. The molecule has 0 saturated heterocycles. The molecule has 0 spiro atoms. The van der Waals surface area contributed by atoms with Crippen molar-refractivity contribution >= 4 is 27.5 Å². The summed E-state index contributed by atoms with van der Waals surface area (Å²) < 4.78 is 0. The van der Waals surface area contributed by atoms with Crippen molar-refractivity contribution in [1.82, 2.24) is 0 Å². The Balaban J connectivity index is 2.04. The Labute approximate surface area is 113 Å².